The standard InChI is InChI=1S/C65H47N/c1-3-15-46(16-4-1)47-31-27-44(28-32-47)41-50(48-34-36-49(37-35-48)51-38-40-64-58(43-51)57-22-10-14-26-63(57)66(64)52-17-5-2-6-18-52)33-29-45-30-39-56-55-21-9-13-25-61(55)65(62(56)42-45)59-23-11-7-19-53(59)54-20-8-12-24-60(54)65/h1-28,30-32,34-40,42-43,50H,29,33,41H2. The molecule has 0 fully saturated rings. The number of aryl methyl sites for hydroxylation is 1. The fraction of sp³-hybridized carbons (Fsp3) is 0.0769. The van der Waals surface area contributed by atoms with Crippen molar-refractivity contribution in [1.29, 1.82) is 0 Å². The van der Waals surface area contributed by atoms with Gasteiger partial charge in [0.15, 0.2) is 0 Å². The van der Waals surface area contributed by atoms with Crippen molar-refractivity contribution in [2.24, 2.45) is 0 Å². The summed E-state index contributed by atoms with van der Waals surface area (Å²) in [6.07, 6.45) is 3.00. The van der Waals surface area contributed by atoms with E-state index >= 15 is 0 Å². The van der Waals surface area contributed by atoms with Crippen LogP contribution in [0.5, 0.6) is 0 Å². The predicted octanol–water partition coefficient (Wildman–Crippen LogP) is 16.4. The quantitative estimate of drug-likeness (QED) is 0.136. The molecule has 312 valence electrons. The smallest absolute Gasteiger partial charge is 0.0725 e. The lowest BCUT2D eigenvalue weighted by Gasteiger charge is -2.30. The molecule has 13 rings (SSSR count). The third-order valence-electron chi connectivity index (χ3n) is 14.8. The molecule has 0 saturated heterocycles. The van der Waals surface area contributed by atoms with Gasteiger partial charge in [-0.25, -0.2) is 0 Å². The maximum absolute atomic E-state index is 2.56. The molecule has 66 heavy (non-hydrogen) atoms. The first-order chi connectivity index (χ1) is 32.7. The van der Waals surface area contributed by atoms with E-state index in [9.17, 15) is 0 Å². The van der Waals surface area contributed by atoms with Gasteiger partial charge >= 0.3 is 0 Å². The number of aromatic nitrogens is 1. The zero-order valence-electron chi connectivity index (χ0n) is 36.7. The van der Waals surface area contributed by atoms with E-state index in [1.165, 1.54) is 111 Å². The number of benzene rings is 10. The van der Waals surface area contributed by atoms with Gasteiger partial charge in [0, 0.05) is 16.5 Å². The Balaban J connectivity index is 0.859. The maximum Gasteiger partial charge on any atom is 0.0725 e. The molecule has 1 spiro atoms. The third kappa shape index (κ3) is 6.07. The summed E-state index contributed by atoms with van der Waals surface area (Å²) in [5.41, 5.74) is 23.4. The van der Waals surface area contributed by atoms with Crippen LogP contribution in [0.3, 0.4) is 0 Å². The highest BCUT2D eigenvalue weighted by atomic mass is 15.0. The van der Waals surface area contributed by atoms with Crippen LogP contribution >= 0.6 is 0 Å². The highest BCUT2D eigenvalue weighted by Crippen LogP contribution is 2.62. The van der Waals surface area contributed by atoms with Gasteiger partial charge in [0.1, 0.15) is 0 Å². The Morgan fingerprint density at radius 2 is 0.848 bits per heavy atom. The first-order valence-electron chi connectivity index (χ1n) is 23.5. The number of fused-ring (bicyclic) bond motifs is 13. The second-order valence-electron chi connectivity index (χ2n) is 18.3. The average Bonchev–Trinajstić information content (AvgIpc) is 4.00. The average molecular weight is 842 g/mol. The van der Waals surface area contributed by atoms with Crippen molar-refractivity contribution >= 4 is 21.8 Å². The molecule has 0 saturated carbocycles. The molecule has 1 aromatic heterocycles. The van der Waals surface area contributed by atoms with Crippen LogP contribution in [0.25, 0.3) is 72.0 Å². The van der Waals surface area contributed by atoms with Gasteiger partial charge in [0.25, 0.3) is 0 Å². The second-order valence-corrected chi connectivity index (χ2v) is 18.3. The SMILES string of the molecule is c1ccc(-c2ccc(CC(CCc3ccc4c(c3)C3(c5ccccc5-c5ccccc53)c3ccccc3-4)c3ccc(-c4ccc5c(c4)c4ccccc4n5-c4ccccc4)cc3)cc2)cc1. The lowest BCUT2D eigenvalue weighted by atomic mass is 9.70. The summed E-state index contributed by atoms with van der Waals surface area (Å²) < 4.78 is 2.39. The molecule has 1 heterocycles. The van der Waals surface area contributed by atoms with Crippen molar-refractivity contribution in [3.05, 3.63) is 282 Å². The van der Waals surface area contributed by atoms with Crippen molar-refractivity contribution in [2.45, 2.75) is 30.6 Å². The molecule has 1 atom stereocenters. The lowest BCUT2D eigenvalue weighted by molar-refractivity contribution is 0.620. The van der Waals surface area contributed by atoms with Gasteiger partial charge in [-0.1, -0.05) is 212 Å². The van der Waals surface area contributed by atoms with E-state index in [0.29, 0.717) is 5.92 Å². The van der Waals surface area contributed by atoms with Gasteiger partial charge in [-0.15, -0.1) is 0 Å². The largest absolute Gasteiger partial charge is 0.309 e. The van der Waals surface area contributed by atoms with Gasteiger partial charge in [0.05, 0.1) is 16.4 Å². The van der Waals surface area contributed by atoms with Gasteiger partial charge in [-0.05, 0) is 139 Å². The summed E-state index contributed by atoms with van der Waals surface area (Å²) in [4.78, 5) is 0. The van der Waals surface area contributed by atoms with Crippen LogP contribution in [0.2, 0.25) is 0 Å². The minimum atomic E-state index is -0.329. The van der Waals surface area contributed by atoms with Crippen LogP contribution in [-0.2, 0) is 18.3 Å². The van der Waals surface area contributed by atoms with Gasteiger partial charge < -0.3 is 4.57 Å². The summed E-state index contributed by atoms with van der Waals surface area (Å²) in [6.45, 7) is 0. The Morgan fingerprint density at radius 3 is 1.53 bits per heavy atom. The molecule has 1 nitrogen and oxygen atoms in total. The Hall–Kier alpha value is -8.00. The van der Waals surface area contributed by atoms with Gasteiger partial charge in [-0.2, -0.15) is 0 Å². The molecule has 0 radical (unpaired) electrons. The Kier molecular flexibility index (Phi) is 9.10. The zero-order valence-corrected chi connectivity index (χ0v) is 36.7. The van der Waals surface area contributed by atoms with Crippen LogP contribution in [0.1, 0.15) is 51.3 Å². The summed E-state index contributed by atoms with van der Waals surface area (Å²) in [5, 5.41) is 2.55. The molecule has 1 unspecified atom stereocenters. The minimum Gasteiger partial charge on any atom is -0.309 e. The minimum absolute atomic E-state index is 0.329. The van der Waals surface area contributed by atoms with Gasteiger partial charge in [-0.3, -0.25) is 0 Å². The van der Waals surface area contributed by atoms with Gasteiger partial charge in [0.2, 0.25) is 0 Å². The van der Waals surface area contributed by atoms with E-state index in [0.717, 1.165) is 19.3 Å². The van der Waals surface area contributed by atoms with Crippen LogP contribution in [-0.4, -0.2) is 4.57 Å². The zero-order chi connectivity index (χ0) is 43.6. The lowest BCUT2D eigenvalue weighted by Crippen LogP contribution is -2.26. The number of rotatable bonds is 9. The molecule has 0 bridgehead atoms. The van der Waals surface area contributed by atoms with Crippen LogP contribution in [0.4, 0.5) is 0 Å². The van der Waals surface area contributed by atoms with E-state index in [1.807, 2.05) is 0 Å². The Bertz CT molecular complexity index is 3530. The summed E-state index contributed by atoms with van der Waals surface area (Å²) in [7, 11) is 0. The van der Waals surface area contributed by atoms with Crippen LogP contribution < -0.4 is 0 Å². The molecular weight excluding hydrogens is 795 g/mol. The highest BCUT2D eigenvalue weighted by Gasteiger charge is 2.51. The normalized spacial score (nSPS) is 13.4. The fourth-order valence-corrected chi connectivity index (χ4v) is 11.7. The number of para-hydroxylation sites is 2. The maximum atomic E-state index is 2.56. The molecular formula is C65H47N. The van der Waals surface area contributed by atoms with Crippen LogP contribution in [0, 0.1) is 0 Å². The van der Waals surface area contributed by atoms with E-state index in [-0.39, 0.29) is 5.41 Å². The summed E-state index contributed by atoms with van der Waals surface area (Å²) >= 11 is 0. The number of nitrogens with zero attached hydrogens (tertiary/aromatic N) is 1. The Morgan fingerprint density at radius 1 is 0.348 bits per heavy atom. The van der Waals surface area contributed by atoms with Crippen molar-refractivity contribution in [3.63, 3.8) is 0 Å². The monoisotopic (exact) mass is 841 g/mol. The molecule has 11 aromatic rings. The molecule has 2 aliphatic rings. The molecule has 0 aliphatic heterocycles. The number of hydrogen-bond donors (Lipinski definition) is 0. The topological polar surface area (TPSA) is 4.93 Å². The summed E-state index contributed by atoms with van der Waals surface area (Å²) in [5.74, 6) is 0.334. The first-order valence-corrected chi connectivity index (χ1v) is 23.5. The Labute approximate surface area is 386 Å². The predicted molar refractivity (Wildman–Crippen MR) is 276 cm³/mol. The molecule has 2 aliphatic carbocycles. The van der Waals surface area contributed by atoms with E-state index < -0.39 is 0 Å². The van der Waals surface area contributed by atoms with Crippen molar-refractivity contribution < 1.29 is 0 Å². The van der Waals surface area contributed by atoms with Crippen molar-refractivity contribution in [2.75, 3.05) is 0 Å². The van der Waals surface area contributed by atoms with E-state index in [2.05, 4.69) is 247 Å². The second kappa shape index (κ2) is 15.6. The summed E-state index contributed by atoms with van der Waals surface area (Å²) in [6, 6.07) is 90.7. The molecule has 10 aromatic carbocycles. The van der Waals surface area contributed by atoms with Crippen LogP contribution in [0.15, 0.2) is 243 Å². The highest BCUT2D eigenvalue weighted by molar-refractivity contribution is 6.10. The third-order valence-corrected chi connectivity index (χ3v) is 14.8. The van der Waals surface area contributed by atoms with E-state index in [1.54, 1.807) is 0 Å². The molecule has 0 amide bonds. The van der Waals surface area contributed by atoms with E-state index in [4.69, 9.17) is 0 Å². The fourth-order valence-electron chi connectivity index (χ4n) is 11.7. The molecule has 1 heteroatoms. The van der Waals surface area contributed by atoms with Crippen molar-refractivity contribution in [3.8, 4) is 50.2 Å². The number of hydrogen-bond acceptors (Lipinski definition) is 0. The first kappa shape index (κ1) is 38.5. The molecule has 0 N–H and O–H groups in total. The van der Waals surface area contributed by atoms with Crippen molar-refractivity contribution in [1.82, 2.24) is 4.57 Å².